The summed E-state index contributed by atoms with van der Waals surface area (Å²) in [7, 11) is 0. The van der Waals surface area contributed by atoms with Gasteiger partial charge in [0.1, 0.15) is 5.82 Å². The fourth-order valence-electron chi connectivity index (χ4n) is 3.20. The van der Waals surface area contributed by atoms with Crippen molar-refractivity contribution >= 4 is 17.7 Å². The van der Waals surface area contributed by atoms with Gasteiger partial charge in [-0.25, -0.2) is 0 Å². The number of nitrogens with zero attached hydrogens (tertiary/aromatic N) is 4. The molecule has 1 heterocycles. The Balaban J connectivity index is 1.78. The van der Waals surface area contributed by atoms with Crippen LogP contribution in [-0.2, 0) is 11.3 Å². The van der Waals surface area contributed by atoms with E-state index in [9.17, 15) is 4.79 Å². The zero-order valence-electron chi connectivity index (χ0n) is 17.7. The van der Waals surface area contributed by atoms with Crippen LogP contribution in [0.1, 0.15) is 37.7 Å². The minimum Gasteiger partial charge on any atom is -0.333 e. The van der Waals surface area contributed by atoms with Crippen molar-refractivity contribution in [1.29, 1.82) is 0 Å². The lowest BCUT2D eigenvalue weighted by atomic mass is 10.0. The fraction of sp³-hybridized carbons (Fsp3) is 0.348. The van der Waals surface area contributed by atoms with Crippen LogP contribution in [0.4, 0.5) is 0 Å². The number of carbonyl (C=O) groups excluding carboxylic acids is 1. The molecule has 29 heavy (non-hydrogen) atoms. The molecule has 0 bridgehead atoms. The molecule has 0 saturated heterocycles. The quantitative estimate of drug-likeness (QED) is 0.550. The molecule has 3 aromatic rings. The Hall–Kier alpha value is -2.60. The number of hydrogen-bond donors (Lipinski definition) is 0. The van der Waals surface area contributed by atoms with Crippen LogP contribution in [0.3, 0.4) is 0 Å². The summed E-state index contributed by atoms with van der Waals surface area (Å²) < 4.78 is 2.02. The van der Waals surface area contributed by atoms with Crippen LogP contribution in [0.5, 0.6) is 0 Å². The van der Waals surface area contributed by atoms with E-state index >= 15 is 0 Å². The molecule has 5 nitrogen and oxygen atoms in total. The number of aromatic nitrogens is 3. The highest BCUT2D eigenvalue weighted by atomic mass is 32.2. The SMILES string of the molecule is Cc1ccccc1-n1c(C)nnc1SCC(=O)N(Cc1ccccc1)C(C)(C)C. The zero-order chi connectivity index (χ0) is 21.0. The van der Waals surface area contributed by atoms with E-state index in [-0.39, 0.29) is 11.4 Å². The zero-order valence-corrected chi connectivity index (χ0v) is 18.5. The normalized spacial score (nSPS) is 11.5. The first-order valence-corrected chi connectivity index (χ1v) is 10.7. The van der Waals surface area contributed by atoms with Crippen molar-refractivity contribution in [2.75, 3.05) is 5.75 Å². The Labute approximate surface area is 177 Å². The van der Waals surface area contributed by atoms with E-state index in [2.05, 4.69) is 62.2 Å². The minimum absolute atomic E-state index is 0.0864. The summed E-state index contributed by atoms with van der Waals surface area (Å²) in [6.07, 6.45) is 0. The number of rotatable bonds is 6. The molecule has 0 aliphatic rings. The lowest BCUT2D eigenvalue weighted by Gasteiger charge is -2.36. The van der Waals surface area contributed by atoms with Crippen LogP contribution >= 0.6 is 11.8 Å². The average molecular weight is 409 g/mol. The van der Waals surface area contributed by atoms with Gasteiger partial charge in [0.15, 0.2) is 5.16 Å². The van der Waals surface area contributed by atoms with Crippen LogP contribution in [-0.4, -0.2) is 36.9 Å². The monoisotopic (exact) mass is 408 g/mol. The Morgan fingerprint density at radius 1 is 1.00 bits per heavy atom. The molecule has 0 atom stereocenters. The standard InChI is InChI=1S/C23H28N4OS/c1-17-11-9-10-14-20(17)27-18(2)24-25-22(27)29-16-21(28)26(23(3,4)5)15-19-12-7-6-8-13-19/h6-14H,15-16H2,1-5H3. The number of aryl methyl sites for hydroxylation is 2. The largest absolute Gasteiger partial charge is 0.333 e. The Bertz CT molecular complexity index is 976. The first-order valence-electron chi connectivity index (χ1n) is 9.72. The predicted molar refractivity (Wildman–Crippen MR) is 118 cm³/mol. The van der Waals surface area contributed by atoms with Gasteiger partial charge in [-0.3, -0.25) is 9.36 Å². The van der Waals surface area contributed by atoms with Crippen LogP contribution in [0.25, 0.3) is 5.69 Å². The van der Waals surface area contributed by atoms with Gasteiger partial charge >= 0.3 is 0 Å². The lowest BCUT2D eigenvalue weighted by Crippen LogP contribution is -2.45. The second-order valence-corrected chi connectivity index (χ2v) is 9.02. The van der Waals surface area contributed by atoms with Crippen molar-refractivity contribution in [2.24, 2.45) is 0 Å². The van der Waals surface area contributed by atoms with E-state index < -0.39 is 0 Å². The second kappa shape index (κ2) is 8.82. The minimum atomic E-state index is -0.271. The molecule has 3 rings (SSSR count). The van der Waals surface area contributed by atoms with Crippen LogP contribution < -0.4 is 0 Å². The van der Waals surface area contributed by atoms with E-state index in [0.717, 1.165) is 27.8 Å². The third-order valence-electron chi connectivity index (χ3n) is 4.77. The predicted octanol–water partition coefficient (Wildman–Crippen LogP) is 4.80. The van der Waals surface area contributed by atoms with E-state index in [0.29, 0.717) is 12.3 Å². The first kappa shape index (κ1) is 21.1. The Kier molecular flexibility index (Phi) is 6.42. The number of carbonyl (C=O) groups is 1. The fourth-order valence-corrected chi connectivity index (χ4v) is 4.06. The van der Waals surface area contributed by atoms with Gasteiger partial charge in [0.05, 0.1) is 11.4 Å². The Morgan fingerprint density at radius 2 is 1.66 bits per heavy atom. The molecule has 1 aromatic heterocycles. The summed E-state index contributed by atoms with van der Waals surface area (Å²) in [4.78, 5) is 15.1. The molecule has 0 aliphatic heterocycles. The summed E-state index contributed by atoms with van der Waals surface area (Å²) in [5.74, 6) is 1.21. The summed E-state index contributed by atoms with van der Waals surface area (Å²) in [6.45, 7) is 10.8. The van der Waals surface area contributed by atoms with Crippen molar-refractivity contribution < 1.29 is 4.79 Å². The molecule has 0 spiro atoms. The molecule has 0 unspecified atom stereocenters. The molecular weight excluding hydrogens is 380 g/mol. The maximum absolute atomic E-state index is 13.1. The molecule has 0 aliphatic carbocycles. The van der Waals surface area contributed by atoms with Crippen molar-refractivity contribution in [1.82, 2.24) is 19.7 Å². The number of thioether (sulfide) groups is 1. The van der Waals surface area contributed by atoms with Crippen molar-refractivity contribution in [2.45, 2.75) is 51.9 Å². The molecule has 0 fully saturated rings. The first-order chi connectivity index (χ1) is 13.8. The van der Waals surface area contributed by atoms with Crippen molar-refractivity contribution in [3.8, 4) is 5.69 Å². The third-order valence-corrected chi connectivity index (χ3v) is 5.68. The van der Waals surface area contributed by atoms with Crippen molar-refractivity contribution in [3.63, 3.8) is 0 Å². The topological polar surface area (TPSA) is 51.0 Å². The van der Waals surface area contributed by atoms with E-state index in [1.165, 1.54) is 11.8 Å². The summed E-state index contributed by atoms with van der Waals surface area (Å²) in [5, 5.41) is 9.29. The van der Waals surface area contributed by atoms with Gasteiger partial charge in [-0.2, -0.15) is 0 Å². The van der Waals surface area contributed by atoms with Gasteiger partial charge < -0.3 is 4.90 Å². The summed E-state index contributed by atoms with van der Waals surface area (Å²) >= 11 is 1.43. The van der Waals surface area contributed by atoms with Gasteiger partial charge in [0.2, 0.25) is 5.91 Å². The molecule has 0 radical (unpaired) electrons. The highest BCUT2D eigenvalue weighted by Crippen LogP contribution is 2.26. The van der Waals surface area contributed by atoms with Crippen LogP contribution in [0, 0.1) is 13.8 Å². The molecular formula is C23H28N4OS. The summed E-state index contributed by atoms with van der Waals surface area (Å²) in [6, 6.07) is 18.2. The van der Waals surface area contributed by atoms with Gasteiger partial charge in [-0.05, 0) is 51.8 Å². The smallest absolute Gasteiger partial charge is 0.233 e. The molecule has 0 N–H and O–H groups in total. The third kappa shape index (κ3) is 5.07. The number of amides is 1. The van der Waals surface area contributed by atoms with E-state index in [1.807, 2.05) is 46.7 Å². The maximum Gasteiger partial charge on any atom is 0.233 e. The highest BCUT2D eigenvalue weighted by Gasteiger charge is 2.27. The average Bonchev–Trinajstić information content (AvgIpc) is 3.05. The molecule has 2 aromatic carbocycles. The van der Waals surface area contributed by atoms with Gasteiger partial charge in [-0.15, -0.1) is 10.2 Å². The van der Waals surface area contributed by atoms with E-state index in [4.69, 9.17) is 0 Å². The molecule has 1 amide bonds. The van der Waals surface area contributed by atoms with E-state index in [1.54, 1.807) is 0 Å². The van der Waals surface area contributed by atoms with Gasteiger partial charge in [0.25, 0.3) is 0 Å². The molecule has 152 valence electrons. The lowest BCUT2D eigenvalue weighted by molar-refractivity contribution is -0.133. The summed E-state index contributed by atoms with van der Waals surface area (Å²) in [5.41, 5.74) is 3.04. The van der Waals surface area contributed by atoms with Crippen LogP contribution in [0.2, 0.25) is 0 Å². The second-order valence-electron chi connectivity index (χ2n) is 8.08. The van der Waals surface area contributed by atoms with Crippen LogP contribution in [0.15, 0.2) is 59.8 Å². The number of hydrogen-bond acceptors (Lipinski definition) is 4. The van der Waals surface area contributed by atoms with Gasteiger partial charge in [-0.1, -0.05) is 60.3 Å². The maximum atomic E-state index is 13.1. The number of para-hydroxylation sites is 1. The molecule has 0 saturated carbocycles. The van der Waals surface area contributed by atoms with Gasteiger partial charge in [0, 0.05) is 12.1 Å². The highest BCUT2D eigenvalue weighted by molar-refractivity contribution is 7.99. The number of benzene rings is 2. The molecule has 6 heteroatoms. The Morgan fingerprint density at radius 3 is 2.31 bits per heavy atom. The van der Waals surface area contributed by atoms with Crippen molar-refractivity contribution in [3.05, 3.63) is 71.5 Å².